The Bertz CT molecular complexity index is 1070. The molecule has 28 heavy (non-hydrogen) atoms. The number of aromatic nitrogens is 1. The molecule has 0 aliphatic heterocycles. The first-order chi connectivity index (χ1) is 13.3. The molecule has 1 aliphatic rings. The minimum Gasteiger partial charge on any atom is -0.366 e. The Kier molecular flexibility index (Phi) is 5.28. The van der Waals surface area contributed by atoms with E-state index in [1.54, 1.807) is 18.9 Å². The molecule has 146 valence electrons. The maximum absolute atomic E-state index is 15.2. The fourth-order valence-electron chi connectivity index (χ4n) is 3.92. The van der Waals surface area contributed by atoms with Crippen molar-refractivity contribution in [1.29, 1.82) is 0 Å². The van der Waals surface area contributed by atoms with Crippen LogP contribution in [-0.4, -0.2) is 34.8 Å². The van der Waals surface area contributed by atoms with Gasteiger partial charge in [-0.1, -0.05) is 12.0 Å². The van der Waals surface area contributed by atoms with Crippen molar-refractivity contribution in [2.45, 2.75) is 46.1 Å². The van der Waals surface area contributed by atoms with Gasteiger partial charge in [0.05, 0.1) is 11.1 Å². The molecule has 2 aromatic rings. The number of amides is 2. The molecule has 1 aliphatic carbocycles. The van der Waals surface area contributed by atoms with Crippen LogP contribution in [0.4, 0.5) is 4.39 Å². The molecule has 3 N–H and O–H groups in total. The number of benzene rings is 1. The van der Waals surface area contributed by atoms with Crippen LogP contribution in [0.1, 0.15) is 53.4 Å². The van der Waals surface area contributed by atoms with E-state index < -0.39 is 11.7 Å². The summed E-state index contributed by atoms with van der Waals surface area (Å²) in [6.07, 6.45) is 4.08. The molecule has 1 atom stereocenters. The molecule has 0 bridgehead atoms. The van der Waals surface area contributed by atoms with Crippen LogP contribution in [-0.2, 0) is 4.79 Å². The van der Waals surface area contributed by atoms with Crippen LogP contribution >= 0.6 is 0 Å². The number of rotatable bonds is 3. The minimum absolute atomic E-state index is 0.0565. The first-order valence-corrected chi connectivity index (χ1v) is 9.26. The summed E-state index contributed by atoms with van der Waals surface area (Å²) in [4.78, 5) is 28.8. The molecule has 0 saturated heterocycles. The smallest absolute Gasteiger partial charge is 0.298 e. The van der Waals surface area contributed by atoms with Crippen molar-refractivity contribution in [3.8, 4) is 11.8 Å². The van der Waals surface area contributed by atoms with E-state index >= 15 is 4.39 Å². The standard InChI is InChI=1S/C22H24FN3O2/c1-5-7-18(27)26(4)15-9-6-8-14(10-15)20-17(23)11-16(22(24)28)21-19(20)12(2)13(3)25-21/h8,11,15,25H,6,9-10H2,1-4H3,(H2,24,28)/t15-/m0/s1. The second-order valence-electron chi connectivity index (χ2n) is 7.23. The van der Waals surface area contributed by atoms with E-state index in [0.29, 0.717) is 22.9 Å². The number of hydrogen-bond donors (Lipinski definition) is 2. The number of hydrogen-bond acceptors (Lipinski definition) is 2. The number of fused-ring (bicyclic) bond motifs is 1. The van der Waals surface area contributed by atoms with Crippen LogP contribution in [0.25, 0.3) is 16.5 Å². The van der Waals surface area contributed by atoms with Gasteiger partial charge in [0.2, 0.25) is 0 Å². The first-order valence-electron chi connectivity index (χ1n) is 9.26. The molecule has 1 aromatic carbocycles. The number of allylic oxidation sites excluding steroid dienone is 1. The molecule has 0 spiro atoms. The summed E-state index contributed by atoms with van der Waals surface area (Å²) in [6.45, 7) is 5.41. The van der Waals surface area contributed by atoms with Gasteiger partial charge in [0.25, 0.3) is 11.8 Å². The lowest BCUT2D eigenvalue weighted by molar-refractivity contribution is -0.125. The predicted molar refractivity (Wildman–Crippen MR) is 108 cm³/mol. The maximum atomic E-state index is 15.2. The summed E-state index contributed by atoms with van der Waals surface area (Å²) >= 11 is 0. The number of nitrogens with one attached hydrogen (secondary N) is 1. The highest BCUT2D eigenvalue weighted by molar-refractivity contribution is 6.09. The molecule has 2 amide bonds. The van der Waals surface area contributed by atoms with E-state index in [1.807, 2.05) is 19.9 Å². The van der Waals surface area contributed by atoms with Gasteiger partial charge >= 0.3 is 0 Å². The van der Waals surface area contributed by atoms with Crippen LogP contribution in [0.5, 0.6) is 0 Å². The third kappa shape index (κ3) is 3.29. The van der Waals surface area contributed by atoms with Gasteiger partial charge < -0.3 is 15.6 Å². The number of nitrogens with two attached hydrogens (primary N) is 1. The third-order valence-electron chi connectivity index (χ3n) is 5.56. The molecule has 0 unspecified atom stereocenters. The van der Waals surface area contributed by atoms with Crippen molar-refractivity contribution in [2.24, 2.45) is 5.73 Å². The Labute approximate surface area is 163 Å². The zero-order valence-corrected chi connectivity index (χ0v) is 16.6. The zero-order valence-electron chi connectivity index (χ0n) is 16.6. The highest BCUT2D eigenvalue weighted by Crippen LogP contribution is 2.38. The molecule has 1 aromatic heterocycles. The summed E-state index contributed by atoms with van der Waals surface area (Å²) in [5.74, 6) is 3.80. The lowest BCUT2D eigenvalue weighted by Crippen LogP contribution is -2.37. The third-order valence-corrected chi connectivity index (χ3v) is 5.56. The lowest BCUT2D eigenvalue weighted by atomic mass is 9.86. The quantitative estimate of drug-likeness (QED) is 0.799. The number of halogens is 1. The number of carbonyl (C=O) groups excluding carboxylic acids is 2. The predicted octanol–water partition coefficient (Wildman–Crippen LogP) is 3.44. The van der Waals surface area contributed by atoms with Crippen molar-refractivity contribution < 1.29 is 14.0 Å². The van der Waals surface area contributed by atoms with Crippen LogP contribution in [0, 0.1) is 31.5 Å². The SMILES string of the molecule is CC#CC(=O)N(C)[C@H]1CCC=C(c2c(F)cc(C(N)=O)c3[nH]c(C)c(C)c23)C1. The zero-order chi connectivity index (χ0) is 20.6. The summed E-state index contributed by atoms with van der Waals surface area (Å²) in [5, 5.41) is 0.681. The van der Waals surface area contributed by atoms with Crippen molar-refractivity contribution in [1.82, 2.24) is 9.88 Å². The normalized spacial score (nSPS) is 16.3. The van der Waals surface area contributed by atoms with E-state index in [9.17, 15) is 9.59 Å². The molecule has 0 radical (unpaired) electrons. The molecule has 5 nitrogen and oxygen atoms in total. The Balaban J connectivity index is 2.11. The Morgan fingerprint density at radius 1 is 1.36 bits per heavy atom. The van der Waals surface area contributed by atoms with Crippen molar-refractivity contribution >= 4 is 28.3 Å². The molecular formula is C22H24FN3O2. The average Bonchev–Trinajstić information content (AvgIpc) is 2.95. The van der Waals surface area contributed by atoms with E-state index in [2.05, 4.69) is 16.8 Å². The average molecular weight is 381 g/mol. The van der Waals surface area contributed by atoms with Gasteiger partial charge in [-0.3, -0.25) is 9.59 Å². The lowest BCUT2D eigenvalue weighted by Gasteiger charge is -2.31. The molecular weight excluding hydrogens is 357 g/mol. The van der Waals surface area contributed by atoms with Crippen LogP contribution in [0.15, 0.2) is 12.1 Å². The van der Waals surface area contributed by atoms with E-state index in [-0.39, 0.29) is 17.5 Å². The van der Waals surface area contributed by atoms with Gasteiger partial charge in [-0.15, -0.1) is 0 Å². The molecule has 1 heterocycles. The fourth-order valence-corrected chi connectivity index (χ4v) is 3.92. The summed E-state index contributed by atoms with van der Waals surface area (Å²) in [6, 6.07) is 1.15. The monoisotopic (exact) mass is 381 g/mol. The van der Waals surface area contributed by atoms with Crippen molar-refractivity contribution in [3.63, 3.8) is 0 Å². The van der Waals surface area contributed by atoms with Gasteiger partial charge in [-0.2, -0.15) is 0 Å². The van der Waals surface area contributed by atoms with Gasteiger partial charge in [0.15, 0.2) is 0 Å². The number of aryl methyl sites for hydroxylation is 2. The van der Waals surface area contributed by atoms with Crippen molar-refractivity contribution in [3.05, 3.63) is 40.3 Å². The van der Waals surface area contributed by atoms with Gasteiger partial charge in [-0.05, 0) is 63.2 Å². The largest absolute Gasteiger partial charge is 0.366 e. The van der Waals surface area contributed by atoms with Gasteiger partial charge in [-0.25, -0.2) is 4.39 Å². The van der Waals surface area contributed by atoms with Crippen LogP contribution in [0.2, 0.25) is 0 Å². The second kappa shape index (κ2) is 7.51. The second-order valence-corrected chi connectivity index (χ2v) is 7.23. The molecule has 6 heteroatoms. The van der Waals surface area contributed by atoms with Gasteiger partial charge in [0, 0.05) is 29.7 Å². The van der Waals surface area contributed by atoms with Crippen LogP contribution in [0.3, 0.4) is 0 Å². The van der Waals surface area contributed by atoms with E-state index in [1.165, 1.54) is 6.07 Å². The number of H-pyrrole nitrogens is 1. The Morgan fingerprint density at radius 2 is 2.07 bits per heavy atom. The highest BCUT2D eigenvalue weighted by Gasteiger charge is 2.27. The summed E-state index contributed by atoms with van der Waals surface area (Å²) < 4.78 is 15.2. The summed E-state index contributed by atoms with van der Waals surface area (Å²) in [5.41, 5.74) is 9.23. The highest BCUT2D eigenvalue weighted by atomic mass is 19.1. The van der Waals surface area contributed by atoms with E-state index in [0.717, 1.165) is 29.7 Å². The van der Waals surface area contributed by atoms with Gasteiger partial charge in [0.1, 0.15) is 5.82 Å². The van der Waals surface area contributed by atoms with E-state index in [4.69, 9.17) is 5.73 Å². The van der Waals surface area contributed by atoms with Crippen molar-refractivity contribution in [2.75, 3.05) is 7.05 Å². The number of primary amides is 1. The molecule has 3 rings (SSSR count). The number of aromatic amines is 1. The Hall–Kier alpha value is -3.07. The Morgan fingerprint density at radius 3 is 2.71 bits per heavy atom. The summed E-state index contributed by atoms with van der Waals surface area (Å²) in [7, 11) is 1.73. The molecule has 0 fully saturated rings. The van der Waals surface area contributed by atoms with Crippen LogP contribution < -0.4 is 5.73 Å². The number of carbonyl (C=O) groups is 2. The number of nitrogens with zero attached hydrogens (tertiary/aromatic N) is 1. The minimum atomic E-state index is -0.671. The maximum Gasteiger partial charge on any atom is 0.298 e. The topological polar surface area (TPSA) is 79.2 Å². The molecule has 0 saturated carbocycles. The fraction of sp³-hybridized carbons (Fsp3) is 0.364. The first kappa shape index (κ1) is 19.7.